The summed E-state index contributed by atoms with van der Waals surface area (Å²) >= 11 is 0. The van der Waals surface area contributed by atoms with Crippen molar-refractivity contribution in [1.29, 1.82) is 0 Å². The van der Waals surface area contributed by atoms with Crippen LogP contribution in [0, 0.1) is 17.3 Å². The highest BCUT2D eigenvalue weighted by Crippen LogP contribution is 2.33. The molecular formula is C32H43N3O7. The zero-order chi connectivity index (χ0) is 31.0. The Labute approximate surface area is 247 Å². The van der Waals surface area contributed by atoms with Crippen molar-refractivity contribution in [2.45, 2.75) is 86.4 Å². The van der Waals surface area contributed by atoms with Crippen molar-refractivity contribution < 1.29 is 33.7 Å². The average Bonchev–Trinajstić information content (AvgIpc) is 3.35. The third kappa shape index (κ3) is 8.77. The van der Waals surface area contributed by atoms with Gasteiger partial charge in [-0.2, -0.15) is 0 Å². The second-order valence-corrected chi connectivity index (χ2v) is 11.8. The molecule has 0 fully saturated rings. The molecule has 0 radical (unpaired) electrons. The molecule has 1 aromatic heterocycles. The van der Waals surface area contributed by atoms with Gasteiger partial charge in [0, 0.05) is 0 Å². The third-order valence-electron chi connectivity index (χ3n) is 6.90. The fraction of sp³-hybridized carbons (Fsp3) is 0.531. The molecule has 10 nitrogen and oxygen atoms in total. The molecule has 228 valence electrons. The molecule has 0 saturated carbocycles. The van der Waals surface area contributed by atoms with Crippen LogP contribution in [0.25, 0.3) is 16.7 Å². The number of fused-ring (bicyclic) bond motifs is 1. The van der Waals surface area contributed by atoms with E-state index in [0.29, 0.717) is 18.5 Å². The molecule has 0 saturated heterocycles. The maximum Gasteiger partial charge on any atom is 0.311 e. The van der Waals surface area contributed by atoms with Crippen LogP contribution in [0.3, 0.4) is 0 Å². The molecule has 0 aliphatic rings. The number of ether oxygens (including phenoxy) is 3. The molecule has 0 aliphatic carbocycles. The standard InChI is InChI=1S/C32H43N3O7/c1-20(2)41-29(37)22(5)24(30(38)42-21(3)4)19-32(6,7)31(39)40-17-11-10-12-23-15-16-28(36)27(18-23)35-33-25-13-8-9-14-26(25)34-35/h8-9,13-16,18,20-22,24,36H,10-12,17,19H2,1-7H3. The van der Waals surface area contributed by atoms with E-state index in [4.69, 9.17) is 14.2 Å². The Hall–Kier alpha value is -3.95. The average molecular weight is 582 g/mol. The normalized spacial score (nSPS) is 13.3. The molecule has 3 rings (SSSR count). The molecule has 10 heteroatoms. The van der Waals surface area contributed by atoms with Crippen LogP contribution < -0.4 is 0 Å². The number of benzene rings is 2. The topological polar surface area (TPSA) is 130 Å². The summed E-state index contributed by atoms with van der Waals surface area (Å²) in [6, 6.07) is 12.8. The van der Waals surface area contributed by atoms with Crippen LogP contribution in [0.1, 0.15) is 73.3 Å². The molecule has 42 heavy (non-hydrogen) atoms. The summed E-state index contributed by atoms with van der Waals surface area (Å²) < 4.78 is 16.3. The number of unbranched alkanes of at least 4 members (excludes halogenated alkanes) is 1. The van der Waals surface area contributed by atoms with Gasteiger partial charge in [0.2, 0.25) is 0 Å². The minimum Gasteiger partial charge on any atom is -0.506 e. The maximum absolute atomic E-state index is 13.0. The van der Waals surface area contributed by atoms with Crippen LogP contribution in [-0.2, 0) is 35.0 Å². The summed E-state index contributed by atoms with van der Waals surface area (Å²) in [7, 11) is 0. The number of nitrogens with zero attached hydrogens (tertiary/aromatic N) is 3. The molecule has 2 unspecified atom stereocenters. The van der Waals surface area contributed by atoms with Crippen molar-refractivity contribution in [3.63, 3.8) is 0 Å². The number of phenolic OH excluding ortho intramolecular Hbond substituents is 1. The molecule has 0 aliphatic heterocycles. The van der Waals surface area contributed by atoms with Crippen LogP contribution >= 0.6 is 0 Å². The molecule has 2 atom stereocenters. The molecule has 3 aromatic rings. The number of rotatable bonds is 14. The van der Waals surface area contributed by atoms with Gasteiger partial charge in [0.15, 0.2) is 0 Å². The van der Waals surface area contributed by atoms with E-state index in [1.165, 1.54) is 4.80 Å². The van der Waals surface area contributed by atoms with E-state index < -0.39 is 35.2 Å². The Morgan fingerprint density at radius 1 is 0.881 bits per heavy atom. The van der Waals surface area contributed by atoms with Gasteiger partial charge in [-0.1, -0.05) is 25.1 Å². The number of hydrogen-bond acceptors (Lipinski definition) is 9. The van der Waals surface area contributed by atoms with Crippen LogP contribution in [0.2, 0.25) is 0 Å². The Balaban J connectivity index is 1.55. The summed E-state index contributed by atoms with van der Waals surface area (Å²) in [5, 5.41) is 19.3. The number of aromatic hydroxyl groups is 1. The van der Waals surface area contributed by atoms with E-state index in [1.807, 2.05) is 36.4 Å². The minimum absolute atomic E-state index is 0.0811. The fourth-order valence-electron chi connectivity index (χ4n) is 4.56. The van der Waals surface area contributed by atoms with E-state index in [-0.39, 0.29) is 31.0 Å². The number of hydrogen-bond donors (Lipinski definition) is 1. The first-order valence-electron chi connectivity index (χ1n) is 14.5. The smallest absolute Gasteiger partial charge is 0.311 e. The Kier molecular flexibility index (Phi) is 11.1. The van der Waals surface area contributed by atoms with Gasteiger partial charge in [-0.05, 0) is 97.1 Å². The van der Waals surface area contributed by atoms with E-state index in [2.05, 4.69) is 10.2 Å². The molecule has 0 bridgehead atoms. The Bertz CT molecular complexity index is 1350. The zero-order valence-corrected chi connectivity index (χ0v) is 25.6. The van der Waals surface area contributed by atoms with Crippen molar-refractivity contribution in [1.82, 2.24) is 15.0 Å². The lowest BCUT2D eigenvalue weighted by atomic mass is 9.77. The number of phenols is 1. The van der Waals surface area contributed by atoms with E-state index in [0.717, 1.165) is 23.0 Å². The predicted molar refractivity (Wildman–Crippen MR) is 158 cm³/mol. The van der Waals surface area contributed by atoms with Crippen molar-refractivity contribution >= 4 is 28.9 Å². The first-order valence-corrected chi connectivity index (χ1v) is 14.5. The largest absolute Gasteiger partial charge is 0.506 e. The summed E-state index contributed by atoms with van der Waals surface area (Å²) in [5.74, 6) is -3.04. The highest BCUT2D eigenvalue weighted by molar-refractivity contribution is 5.83. The van der Waals surface area contributed by atoms with Gasteiger partial charge in [0.05, 0.1) is 36.1 Å². The Morgan fingerprint density at radius 2 is 1.48 bits per heavy atom. The molecule has 2 aromatic carbocycles. The summed E-state index contributed by atoms with van der Waals surface area (Å²) in [6.07, 6.45) is 1.47. The minimum atomic E-state index is -1.03. The monoisotopic (exact) mass is 581 g/mol. The van der Waals surface area contributed by atoms with Crippen molar-refractivity contribution in [2.24, 2.45) is 17.3 Å². The number of aryl methyl sites for hydroxylation is 1. The van der Waals surface area contributed by atoms with E-state index >= 15 is 0 Å². The lowest BCUT2D eigenvalue weighted by molar-refractivity contribution is -0.168. The first kappa shape index (κ1) is 32.6. The highest BCUT2D eigenvalue weighted by atomic mass is 16.6. The van der Waals surface area contributed by atoms with Gasteiger partial charge in [0.1, 0.15) is 22.5 Å². The van der Waals surface area contributed by atoms with Crippen LogP contribution in [-0.4, -0.2) is 56.8 Å². The molecular weight excluding hydrogens is 538 g/mol. The molecule has 1 heterocycles. The van der Waals surface area contributed by atoms with Gasteiger partial charge in [0.25, 0.3) is 0 Å². The van der Waals surface area contributed by atoms with E-state index in [9.17, 15) is 19.5 Å². The predicted octanol–water partition coefficient (Wildman–Crippen LogP) is 5.56. The van der Waals surface area contributed by atoms with Gasteiger partial charge in [-0.15, -0.1) is 15.0 Å². The zero-order valence-electron chi connectivity index (χ0n) is 25.6. The highest BCUT2D eigenvalue weighted by Gasteiger charge is 2.41. The van der Waals surface area contributed by atoms with Crippen LogP contribution in [0.5, 0.6) is 5.75 Å². The van der Waals surface area contributed by atoms with E-state index in [1.54, 1.807) is 54.5 Å². The molecule has 0 spiro atoms. The van der Waals surface area contributed by atoms with Crippen molar-refractivity contribution in [3.8, 4) is 11.4 Å². The molecule has 1 N–H and O–H groups in total. The third-order valence-corrected chi connectivity index (χ3v) is 6.90. The number of carbonyl (C=O) groups is 3. The SMILES string of the molecule is CC(C)OC(=O)C(C)C(CC(C)(C)C(=O)OCCCCc1ccc(O)c(-n2nc3ccccc3n2)c1)C(=O)OC(C)C. The first-order chi connectivity index (χ1) is 19.8. The summed E-state index contributed by atoms with van der Waals surface area (Å²) in [4.78, 5) is 39.9. The number of esters is 3. The van der Waals surface area contributed by atoms with Gasteiger partial charge >= 0.3 is 17.9 Å². The van der Waals surface area contributed by atoms with Crippen LogP contribution in [0.4, 0.5) is 0 Å². The Morgan fingerprint density at radius 3 is 2.07 bits per heavy atom. The van der Waals surface area contributed by atoms with Crippen molar-refractivity contribution in [2.75, 3.05) is 6.61 Å². The summed E-state index contributed by atoms with van der Waals surface area (Å²) in [6.45, 7) is 12.2. The number of aromatic nitrogens is 3. The quantitative estimate of drug-likeness (QED) is 0.148. The fourth-order valence-corrected chi connectivity index (χ4v) is 4.56. The number of carbonyl (C=O) groups excluding carboxylic acids is 3. The van der Waals surface area contributed by atoms with Gasteiger partial charge in [-0.3, -0.25) is 14.4 Å². The van der Waals surface area contributed by atoms with Gasteiger partial charge in [-0.25, -0.2) is 0 Å². The lowest BCUT2D eigenvalue weighted by Crippen LogP contribution is -2.38. The van der Waals surface area contributed by atoms with Crippen LogP contribution in [0.15, 0.2) is 42.5 Å². The molecule has 0 amide bonds. The van der Waals surface area contributed by atoms with Gasteiger partial charge < -0.3 is 19.3 Å². The van der Waals surface area contributed by atoms with Crippen molar-refractivity contribution in [3.05, 3.63) is 48.0 Å². The maximum atomic E-state index is 13.0. The summed E-state index contributed by atoms with van der Waals surface area (Å²) in [5.41, 5.74) is 1.93. The lowest BCUT2D eigenvalue weighted by Gasteiger charge is -2.30. The second kappa shape index (κ2) is 14.3. The second-order valence-electron chi connectivity index (χ2n) is 11.8.